The van der Waals surface area contributed by atoms with Crippen LogP contribution in [0.1, 0.15) is 65.6 Å². The van der Waals surface area contributed by atoms with E-state index < -0.39 is 21.0 Å². The fourth-order valence-corrected chi connectivity index (χ4v) is 6.40. The maximum absolute atomic E-state index is 14.0. The monoisotopic (exact) mass is 544 g/mol. The second kappa shape index (κ2) is 9.33. The number of aromatic nitrogens is 2. The van der Waals surface area contributed by atoms with Gasteiger partial charge in [-0.1, -0.05) is 43.3 Å². The molecule has 0 saturated heterocycles. The fraction of sp³-hybridized carbons (Fsp3) is 0.375. The lowest BCUT2D eigenvalue weighted by Gasteiger charge is -2.28. The van der Waals surface area contributed by atoms with E-state index in [-0.39, 0.29) is 16.3 Å². The molecule has 0 amide bonds. The number of benzene rings is 2. The van der Waals surface area contributed by atoms with E-state index in [1.54, 1.807) is 36.5 Å². The lowest BCUT2D eigenvalue weighted by atomic mass is 9.87. The number of carbonyl (C=O) groups is 1. The van der Waals surface area contributed by atoms with E-state index in [1.807, 2.05) is 58.9 Å². The number of nitrogens with zero attached hydrogens (tertiary/aromatic N) is 2. The Balaban J connectivity index is 1.63. The van der Waals surface area contributed by atoms with Crippen LogP contribution in [0, 0.1) is 5.41 Å². The molecule has 1 fully saturated rings. The van der Waals surface area contributed by atoms with Gasteiger partial charge in [0.05, 0.1) is 27.7 Å². The number of hydrogen-bond acceptors (Lipinski definition) is 5. The Kier molecular flexibility index (Phi) is 6.49. The summed E-state index contributed by atoms with van der Waals surface area (Å²) in [5.74, 6) is -0.299. The average Bonchev–Trinajstić information content (AvgIpc) is 3.50. The summed E-state index contributed by atoms with van der Waals surface area (Å²) in [7, 11) is -3.91. The molecule has 39 heavy (non-hydrogen) atoms. The zero-order valence-corrected chi connectivity index (χ0v) is 24.3. The van der Waals surface area contributed by atoms with Gasteiger partial charge < -0.3 is 4.74 Å². The van der Waals surface area contributed by atoms with E-state index in [9.17, 15) is 13.2 Å². The summed E-state index contributed by atoms with van der Waals surface area (Å²) < 4.78 is 35.0. The largest absolute Gasteiger partial charge is 0.460 e. The maximum atomic E-state index is 14.0. The van der Waals surface area contributed by atoms with E-state index in [0.717, 1.165) is 23.8 Å². The zero-order chi connectivity index (χ0) is 28.2. The molecule has 1 aliphatic rings. The molecule has 2 aromatic carbocycles. The summed E-state index contributed by atoms with van der Waals surface area (Å²) in [6.45, 7) is 11.5. The van der Waals surface area contributed by atoms with E-state index in [0.29, 0.717) is 23.3 Å². The molecular weight excluding hydrogens is 508 g/mol. The molecule has 2 aromatic heterocycles. The van der Waals surface area contributed by atoms with Crippen LogP contribution in [0.2, 0.25) is 0 Å². The van der Waals surface area contributed by atoms with Crippen LogP contribution in [0.25, 0.3) is 22.2 Å². The first-order valence-corrected chi connectivity index (χ1v) is 14.8. The highest BCUT2D eigenvalue weighted by molar-refractivity contribution is 7.90. The summed E-state index contributed by atoms with van der Waals surface area (Å²) in [4.78, 5) is 17.7. The van der Waals surface area contributed by atoms with Crippen molar-refractivity contribution in [3.8, 4) is 11.3 Å². The van der Waals surface area contributed by atoms with Gasteiger partial charge in [0, 0.05) is 17.5 Å². The normalized spacial score (nSPS) is 15.3. The van der Waals surface area contributed by atoms with Crippen molar-refractivity contribution >= 4 is 26.9 Å². The lowest BCUT2D eigenvalue weighted by molar-refractivity contribution is -0.165. The van der Waals surface area contributed by atoms with Crippen molar-refractivity contribution in [3.63, 3.8) is 0 Å². The van der Waals surface area contributed by atoms with Crippen LogP contribution in [0.3, 0.4) is 0 Å². The van der Waals surface area contributed by atoms with Gasteiger partial charge in [-0.3, -0.25) is 9.78 Å². The molecule has 1 saturated carbocycles. The second-order valence-corrected chi connectivity index (χ2v) is 14.3. The van der Waals surface area contributed by atoms with Gasteiger partial charge >= 0.3 is 5.97 Å². The third-order valence-electron chi connectivity index (χ3n) is 7.41. The molecule has 0 unspecified atom stereocenters. The minimum absolute atomic E-state index is 0.146. The summed E-state index contributed by atoms with van der Waals surface area (Å²) in [6, 6.07) is 20.4. The molecule has 7 heteroatoms. The van der Waals surface area contributed by atoms with E-state index in [4.69, 9.17) is 4.74 Å². The predicted molar refractivity (Wildman–Crippen MR) is 154 cm³/mol. The lowest BCUT2D eigenvalue weighted by Crippen LogP contribution is -2.35. The number of hydrogen-bond donors (Lipinski definition) is 0. The van der Waals surface area contributed by atoms with Crippen LogP contribution in [0.5, 0.6) is 0 Å². The van der Waals surface area contributed by atoms with Gasteiger partial charge in [0.1, 0.15) is 5.60 Å². The Bertz CT molecular complexity index is 1660. The molecule has 0 N–H and O–H groups in total. The van der Waals surface area contributed by atoms with Gasteiger partial charge in [0.15, 0.2) is 0 Å². The SMILES string of the molecule is CC(C)(C)OC(=O)C(C)(C)Cc1cc2cc(-c3cccc(C4(C)CC4)c3)n(S(=O)(=O)c3ccccc3)c2cn1. The van der Waals surface area contributed by atoms with E-state index in [2.05, 4.69) is 24.0 Å². The van der Waals surface area contributed by atoms with Gasteiger partial charge in [-0.2, -0.15) is 0 Å². The van der Waals surface area contributed by atoms with Crippen LogP contribution in [0.15, 0.2) is 77.8 Å². The van der Waals surface area contributed by atoms with Crippen molar-refractivity contribution in [2.45, 2.75) is 76.7 Å². The van der Waals surface area contributed by atoms with Crippen molar-refractivity contribution < 1.29 is 17.9 Å². The summed E-state index contributed by atoms with van der Waals surface area (Å²) >= 11 is 0. The maximum Gasteiger partial charge on any atom is 0.312 e. The first-order chi connectivity index (χ1) is 18.2. The van der Waals surface area contributed by atoms with Gasteiger partial charge in [-0.25, -0.2) is 12.4 Å². The molecule has 2 heterocycles. The molecule has 0 radical (unpaired) electrons. The topological polar surface area (TPSA) is 78.3 Å². The first-order valence-electron chi connectivity index (χ1n) is 13.4. The average molecular weight is 545 g/mol. The summed E-state index contributed by atoms with van der Waals surface area (Å²) in [5.41, 5.74) is 2.59. The highest BCUT2D eigenvalue weighted by Gasteiger charge is 2.39. The smallest absolute Gasteiger partial charge is 0.312 e. The van der Waals surface area contributed by atoms with Crippen molar-refractivity contribution in [2.75, 3.05) is 0 Å². The molecule has 5 rings (SSSR count). The second-order valence-electron chi connectivity index (χ2n) is 12.6. The van der Waals surface area contributed by atoms with Crippen molar-refractivity contribution in [3.05, 3.63) is 84.2 Å². The molecule has 6 nitrogen and oxygen atoms in total. The van der Waals surface area contributed by atoms with E-state index in [1.165, 1.54) is 9.54 Å². The molecule has 4 aromatic rings. The fourth-order valence-electron chi connectivity index (χ4n) is 4.86. The first kappa shape index (κ1) is 27.1. The van der Waals surface area contributed by atoms with Crippen molar-refractivity contribution in [2.24, 2.45) is 5.41 Å². The molecular formula is C32H36N2O4S. The Hall–Kier alpha value is -3.45. The molecule has 0 aliphatic heterocycles. The Labute approximate surface area is 231 Å². The summed E-state index contributed by atoms with van der Waals surface area (Å²) in [5, 5.41) is 0.748. The minimum Gasteiger partial charge on any atom is -0.460 e. The number of ether oxygens (including phenoxy) is 1. The highest BCUT2D eigenvalue weighted by Crippen LogP contribution is 2.48. The van der Waals surface area contributed by atoms with E-state index >= 15 is 0 Å². The van der Waals surface area contributed by atoms with Gasteiger partial charge in [0.2, 0.25) is 0 Å². The summed E-state index contributed by atoms with van der Waals surface area (Å²) in [6.07, 6.45) is 4.22. The third kappa shape index (κ3) is 5.37. The van der Waals surface area contributed by atoms with Crippen molar-refractivity contribution in [1.82, 2.24) is 8.96 Å². The number of pyridine rings is 1. The molecule has 0 atom stereocenters. The van der Waals surface area contributed by atoms with Gasteiger partial charge in [-0.15, -0.1) is 0 Å². The van der Waals surface area contributed by atoms with Gasteiger partial charge in [0.25, 0.3) is 10.0 Å². The van der Waals surface area contributed by atoms with Crippen LogP contribution in [0.4, 0.5) is 0 Å². The molecule has 204 valence electrons. The quantitative estimate of drug-likeness (QED) is 0.237. The number of esters is 1. The Morgan fingerprint density at radius 1 is 0.974 bits per heavy atom. The Morgan fingerprint density at radius 3 is 2.31 bits per heavy atom. The highest BCUT2D eigenvalue weighted by atomic mass is 32.2. The van der Waals surface area contributed by atoms with Crippen LogP contribution >= 0.6 is 0 Å². The number of fused-ring (bicyclic) bond motifs is 1. The van der Waals surface area contributed by atoms with Crippen LogP contribution in [-0.2, 0) is 31.4 Å². The predicted octanol–water partition coefficient (Wildman–Crippen LogP) is 6.90. The standard InChI is InChI=1S/C32H36N2O4S/c1-30(2,3)38-29(35)31(4,5)20-25-18-23-19-27(22-11-10-12-24(17-22)32(6)15-16-32)34(28(23)21-33-25)39(36,37)26-13-8-7-9-14-26/h7-14,17-19,21H,15-16,20H2,1-6H3. The minimum atomic E-state index is -3.91. The molecule has 1 aliphatic carbocycles. The van der Waals surface area contributed by atoms with Crippen LogP contribution in [-0.4, -0.2) is 28.9 Å². The number of rotatable bonds is 7. The molecule has 0 spiro atoms. The third-order valence-corrected chi connectivity index (χ3v) is 9.15. The van der Waals surface area contributed by atoms with Gasteiger partial charge in [-0.05, 0) is 94.3 Å². The Morgan fingerprint density at radius 2 is 1.67 bits per heavy atom. The molecule has 0 bridgehead atoms. The number of carbonyl (C=O) groups excluding carboxylic acids is 1. The van der Waals surface area contributed by atoms with Crippen LogP contribution < -0.4 is 0 Å². The van der Waals surface area contributed by atoms with Crippen molar-refractivity contribution in [1.29, 1.82) is 0 Å². The zero-order valence-electron chi connectivity index (χ0n) is 23.5.